The van der Waals surface area contributed by atoms with Crippen molar-refractivity contribution >= 4 is 29.9 Å². The van der Waals surface area contributed by atoms with Gasteiger partial charge in [-0.1, -0.05) is 6.07 Å². The quantitative estimate of drug-likeness (QED) is 0.288. The molecule has 1 heterocycles. The summed E-state index contributed by atoms with van der Waals surface area (Å²) in [5, 5.41) is 15.6. The molecule has 0 amide bonds. The number of likely N-dealkylation sites (tertiary alicyclic amines) is 1. The number of guanidine groups is 1. The monoisotopic (exact) mass is 567 g/mol. The fourth-order valence-electron chi connectivity index (χ4n) is 3.73. The minimum atomic E-state index is -0.413. The first-order valence-electron chi connectivity index (χ1n) is 10.7. The van der Waals surface area contributed by atoms with Gasteiger partial charge < -0.3 is 20.1 Å². The molecule has 1 aliphatic heterocycles. The number of nitriles is 1. The zero-order chi connectivity index (χ0) is 22.9. The predicted octanol–water partition coefficient (Wildman–Crippen LogP) is 3.66. The standard InChI is InChI=1S/C24H30FN5O2.HI/c1-4-27-24(28-14-19-6-5-17(13-26)11-23(19)25)29-20-7-8-30(16-20)15-18-9-21(31-2)12-22(10-18)32-3;/h5-6,9-12,20H,4,7-8,14-16H2,1-3H3,(H2,27,28,29);1H. The number of aliphatic imine (C=N–C) groups is 1. The summed E-state index contributed by atoms with van der Waals surface area (Å²) in [6.45, 7) is 5.54. The van der Waals surface area contributed by atoms with E-state index in [2.05, 4.69) is 20.5 Å². The molecule has 1 unspecified atom stereocenters. The fraction of sp³-hybridized carbons (Fsp3) is 0.417. The number of halogens is 2. The van der Waals surface area contributed by atoms with Crippen molar-refractivity contribution in [2.75, 3.05) is 33.9 Å². The molecule has 33 heavy (non-hydrogen) atoms. The molecule has 2 aromatic carbocycles. The number of nitrogens with one attached hydrogen (secondary N) is 2. The Labute approximate surface area is 212 Å². The summed E-state index contributed by atoms with van der Waals surface area (Å²) in [4.78, 5) is 6.91. The van der Waals surface area contributed by atoms with E-state index in [4.69, 9.17) is 14.7 Å². The molecule has 1 saturated heterocycles. The van der Waals surface area contributed by atoms with Gasteiger partial charge in [0.25, 0.3) is 0 Å². The largest absolute Gasteiger partial charge is 0.497 e. The molecule has 2 N–H and O–H groups in total. The molecule has 0 saturated carbocycles. The molecule has 3 rings (SSSR count). The Balaban J connectivity index is 0.00000385. The summed E-state index contributed by atoms with van der Waals surface area (Å²) < 4.78 is 24.9. The minimum absolute atomic E-state index is 0. The normalized spacial score (nSPS) is 16.0. The van der Waals surface area contributed by atoms with Crippen LogP contribution in [0.1, 0.15) is 30.0 Å². The summed E-state index contributed by atoms with van der Waals surface area (Å²) in [6.07, 6.45) is 0.983. The van der Waals surface area contributed by atoms with Crippen molar-refractivity contribution in [2.24, 2.45) is 4.99 Å². The summed E-state index contributed by atoms with van der Waals surface area (Å²) in [5.41, 5.74) is 1.90. The van der Waals surface area contributed by atoms with E-state index in [1.807, 2.05) is 31.2 Å². The Morgan fingerprint density at radius 2 is 1.94 bits per heavy atom. The Morgan fingerprint density at radius 1 is 1.21 bits per heavy atom. The zero-order valence-electron chi connectivity index (χ0n) is 19.2. The van der Waals surface area contributed by atoms with E-state index in [9.17, 15) is 4.39 Å². The maximum absolute atomic E-state index is 14.2. The van der Waals surface area contributed by atoms with Gasteiger partial charge in [-0.3, -0.25) is 4.90 Å². The molecular weight excluding hydrogens is 536 g/mol. The van der Waals surface area contributed by atoms with Crippen molar-refractivity contribution in [1.29, 1.82) is 5.26 Å². The fourth-order valence-corrected chi connectivity index (χ4v) is 3.73. The van der Waals surface area contributed by atoms with Crippen molar-refractivity contribution in [3.8, 4) is 17.6 Å². The van der Waals surface area contributed by atoms with Crippen LogP contribution in [0.3, 0.4) is 0 Å². The second-order valence-corrected chi connectivity index (χ2v) is 7.70. The number of benzene rings is 2. The zero-order valence-corrected chi connectivity index (χ0v) is 21.6. The van der Waals surface area contributed by atoms with Gasteiger partial charge in [0.05, 0.1) is 32.4 Å². The second-order valence-electron chi connectivity index (χ2n) is 7.70. The third-order valence-electron chi connectivity index (χ3n) is 5.36. The van der Waals surface area contributed by atoms with Gasteiger partial charge in [0.15, 0.2) is 5.96 Å². The SMILES string of the molecule is CCNC(=NCc1ccc(C#N)cc1F)NC1CCN(Cc2cc(OC)cc(OC)c2)C1.I. The molecule has 1 aliphatic rings. The van der Waals surface area contributed by atoms with Gasteiger partial charge in [-0.15, -0.1) is 24.0 Å². The number of ether oxygens (including phenoxy) is 2. The lowest BCUT2D eigenvalue weighted by Gasteiger charge is -2.19. The first-order valence-corrected chi connectivity index (χ1v) is 10.7. The lowest BCUT2D eigenvalue weighted by Crippen LogP contribution is -2.44. The molecule has 0 spiro atoms. The highest BCUT2D eigenvalue weighted by Crippen LogP contribution is 2.24. The van der Waals surface area contributed by atoms with Crippen LogP contribution in [0, 0.1) is 17.1 Å². The highest BCUT2D eigenvalue weighted by atomic mass is 127. The molecule has 0 radical (unpaired) electrons. The van der Waals surface area contributed by atoms with Crippen molar-refractivity contribution in [3.05, 3.63) is 58.9 Å². The molecule has 9 heteroatoms. The summed E-state index contributed by atoms with van der Waals surface area (Å²) in [6, 6.07) is 12.6. The highest BCUT2D eigenvalue weighted by Gasteiger charge is 2.23. The number of hydrogen-bond donors (Lipinski definition) is 2. The van der Waals surface area contributed by atoms with Crippen LogP contribution in [0.25, 0.3) is 0 Å². The highest BCUT2D eigenvalue weighted by molar-refractivity contribution is 14.0. The van der Waals surface area contributed by atoms with Crippen LogP contribution in [-0.2, 0) is 13.1 Å². The minimum Gasteiger partial charge on any atom is -0.497 e. The number of methoxy groups -OCH3 is 2. The molecular formula is C24H31FIN5O2. The predicted molar refractivity (Wildman–Crippen MR) is 138 cm³/mol. The Bertz CT molecular complexity index is 973. The van der Waals surface area contributed by atoms with E-state index in [1.165, 1.54) is 6.07 Å². The summed E-state index contributed by atoms with van der Waals surface area (Å²) in [7, 11) is 3.30. The molecule has 0 aliphatic carbocycles. The third-order valence-corrected chi connectivity index (χ3v) is 5.36. The van der Waals surface area contributed by atoms with Crippen LogP contribution >= 0.6 is 24.0 Å². The van der Waals surface area contributed by atoms with E-state index in [1.54, 1.807) is 26.4 Å². The Morgan fingerprint density at radius 3 is 2.55 bits per heavy atom. The maximum atomic E-state index is 14.2. The van der Waals surface area contributed by atoms with Gasteiger partial charge in [0.2, 0.25) is 0 Å². The van der Waals surface area contributed by atoms with Crippen molar-refractivity contribution in [1.82, 2.24) is 15.5 Å². The Kier molecular flexibility index (Phi) is 10.7. The number of nitrogens with zero attached hydrogens (tertiary/aromatic N) is 3. The van der Waals surface area contributed by atoms with Crippen LogP contribution < -0.4 is 20.1 Å². The van der Waals surface area contributed by atoms with Gasteiger partial charge in [0, 0.05) is 43.9 Å². The lowest BCUT2D eigenvalue weighted by atomic mass is 10.1. The van der Waals surface area contributed by atoms with Crippen molar-refractivity contribution in [2.45, 2.75) is 32.5 Å². The average molecular weight is 567 g/mol. The van der Waals surface area contributed by atoms with Crippen LogP contribution in [0.5, 0.6) is 11.5 Å². The van der Waals surface area contributed by atoms with Gasteiger partial charge in [-0.2, -0.15) is 5.26 Å². The molecule has 0 aromatic heterocycles. The van der Waals surface area contributed by atoms with E-state index in [0.29, 0.717) is 23.6 Å². The number of hydrogen-bond acceptors (Lipinski definition) is 5. The van der Waals surface area contributed by atoms with E-state index in [0.717, 1.165) is 43.1 Å². The Hall–Kier alpha value is -2.58. The molecule has 0 bridgehead atoms. The van der Waals surface area contributed by atoms with Crippen LogP contribution in [0.15, 0.2) is 41.4 Å². The third kappa shape index (κ3) is 7.75. The molecule has 1 atom stereocenters. The molecule has 2 aromatic rings. The molecule has 7 nitrogen and oxygen atoms in total. The van der Waals surface area contributed by atoms with Gasteiger partial charge >= 0.3 is 0 Å². The number of rotatable bonds is 8. The van der Waals surface area contributed by atoms with Gasteiger partial charge in [-0.05, 0) is 43.2 Å². The maximum Gasteiger partial charge on any atom is 0.191 e. The second kappa shape index (κ2) is 13.2. The van der Waals surface area contributed by atoms with Crippen molar-refractivity contribution < 1.29 is 13.9 Å². The lowest BCUT2D eigenvalue weighted by molar-refractivity contribution is 0.321. The molecule has 1 fully saturated rings. The van der Waals surface area contributed by atoms with Gasteiger partial charge in [0.1, 0.15) is 17.3 Å². The first kappa shape index (κ1) is 26.7. The smallest absolute Gasteiger partial charge is 0.191 e. The van der Waals surface area contributed by atoms with Crippen LogP contribution in [0.2, 0.25) is 0 Å². The first-order chi connectivity index (χ1) is 15.5. The van der Waals surface area contributed by atoms with E-state index < -0.39 is 5.82 Å². The average Bonchev–Trinajstić information content (AvgIpc) is 3.24. The van der Waals surface area contributed by atoms with Crippen molar-refractivity contribution in [3.63, 3.8) is 0 Å². The van der Waals surface area contributed by atoms with Gasteiger partial charge in [-0.25, -0.2) is 9.38 Å². The summed E-state index contributed by atoms with van der Waals surface area (Å²) >= 11 is 0. The topological polar surface area (TPSA) is 81.9 Å². The molecule has 178 valence electrons. The summed E-state index contributed by atoms with van der Waals surface area (Å²) in [5.74, 6) is 1.81. The van der Waals surface area contributed by atoms with E-state index in [-0.39, 0.29) is 36.6 Å². The van der Waals surface area contributed by atoms with Crippen LogP contribution in [0.4, 0.5) is 4.39 Å². The van der Waals surface area contributed by atoms with E-state index >= 15 is 0 Å². The van der Waals surface area contributed by atoms with Crippen LogP contribution in [-0.4, -0.2) is 50.8 Å².